The second-order valence-electron chi connectivity index (χ2n) is 3.10. The zero-order valence-corrected chi connectivity index (χ0v) is 9.56. The predicted octanol–water partition coefficient (Wildman–Crippen LogP) is 2.33. The van der Waals surface area contributed by atoms with Crippen LogP contribution < -0.4 is 5.73 Å². The number of anilines is 1. The lowest BCUT2D eigenvalue weighted by Crippen LogP contribution is -1.89. The Morgan fingerprint density at radius 3 is 2.75 bits per heavy atom. The molecule has 0 atom stereocenters. The van der Waals surface area contributed by atoms with E-state index in [0.717, 1.165) is 5.56 Å². The van der Waals surface area contributed by atoms with Gasteiger partial charge in [0.25, 0.3) is 5.69 Å². The number of H-pyrrole nitrogens is 1. The van der Waals surface area contributed by atoms with Crippen LogP contribution in [0.25, 0.3) is 11.3 Å². The molecule has 0 spiro atoms. The number of hydrogen-bond donors (Lipinski definition) is 2. The van der Waals surface area contributed by atoms with Crippen molar-refractivity contribution in [2.45, 2.75) is 0 Å². The van der Waals surface area contributed by atoms with Crippen LogP contribution in [0.4, 0.5) is 11.6 Å². The fourth-order valence-electron chi connectivity index (χ4n) is 1.31. The molecule has 1 heterocycles. The molecule has 0 saturated heterocycles. The van der Waals surface area contributed by atoms with Crippen LogP contribution in [-0.2, 0) is 0 Å². The fourth-order valence-corrected chi connectivity index (χ4v) is 1.89. The van der Waals surface area contributed by atoms with Gasteiger partial charge in [-0.25, -0.2) is 4.98 Å². The van der Waals surface area contributed by atoms with E-state index in [1.54, 1.807) is 12.3 Å². The standard InChI is InChI=1S/C9H7BrN4O2/c10-7-3-5(14(15)16)1-2-6(7)8-4-12-9(11)13-8/h1-4H,(H3,11,12,13). The van der Waals surface area contributed by atoms with Crippen molar-refractivity contribution >= 4 is 27.6 Å². The molecule has 16 heavy (non-hydrogen) atoms. The van der Waals surface area contributed by atoms with Crippen molar-refractivity contribution in [3.8, 4) is 11.3 Å². The Morgan fingerprint density at radius 2 is 2.25 bits per heavy atom. The summed E-state index contributed by atoms with van der Waals surface area (Å²) >= 11 is 3.27. The molecule has 0 saturated carbocycles. The summed E-state index contributed by atoms with van der Waals surface area (Å²) in [6, 6.07) is 4.50. The number of non-ortho nitro benzene ring substituents is 1. The van der Waals surface area contributed by atoms with Crippen LogP contribution in [0, 0.1) is 10.1 Å². The maximum absolute atomic E-state index is 10.5. The van der Waals surface area contributed by atoms with Crippen molar-refractivity contribution in [2.24, 2.45) is 0 Å². The Labute approximate surface area is 98.8 Å². The maximum atomic E-state index is 10.5. The van der Waals surface area contributed by atoms with Crippen molar-refractivity contribution in [1.29, 1.82) is 0 Å². The van der Waals surface area contributed by atoms with Crippen molar-refractivity contribution in [3.63, 3.8) is 0 Å². The third-order valence-corrected chi connectivity index (χ3v) is 2.71. The van der Waals surface area contributed by atoms with E-state index in [-0.39, 0.29) is 5.69 Å². The summed E-state index contributed by atoms with van der Waals surface area (Å²) in [5.41, 5.74) is 6.97. The molecule has 0 aliphatic rings. The van der Waals surface area contributed by atoms with Gasteiger partial charge in [-0.1, -0.05) is 0 Å². The van der Waals surface area contributed by atoms with Gasteiger partial charge in [0.1, 0.15) is 0 Å². The molecular weight excluding hydrogens is 276 g/mol. The topological polar surface area (TPSA) is 97.8 Å². The highest BCUT2D eigenvalue weighted by atomic mass is 79.9. The second kappa shape index (κ2) is 3.93. The van der Waals surface area contributed by atoms with Gasteiger partial charge in [0.2, 0.25) is 0 Å². The Balaban J connectivity index is 2.47. The molecule has 7 heteroatoms. The first-order valence-electron chi connectivity index (χ1n) is 4.32. The molecule has 1 aromatic carbocycles. The van der Waals surface area contributed by atoms with Gasteiger partial charge in [-0.15, -0.1) is 0 Å². The largest absolute Gasteiger partial charge is 0.369 e. The van der Waals surface area contributed by atoms with Crippen molar-refractivity contribution < 1.29 is 4.92 Å². The first-order valence-corrected chi connectivity index (χ1v) is 5.12. The average molecular weight is 283 g/mol. The number of nitro groups is 1. The normalized spacial score (nSPS) is 10.3. The molecular formula is C9H7BrN4O2. The second-order valence-corrected chi connectivity index (χ2v) is 3.96. The van der Waals surface area contributed by atoms with E-state index >= 15 is 0 Å². The van der Waals surface area contributed by atoms with Crippen LogP contribution in [0.5, 0.6) is 0 Å². The molecule has 3 N–H and O–H groups in total. The molecule has 0 aliphatic carbocycles. The van der Waals surface area contributed by atoms with Gasteiger partial charge in [0.15, 0.2) is 5.95 Å². The van der Waals surface area contributed by atoms with E-state index in [9.17, 15) is 10.1 Å². The van der Waals surface area contributed by atoms with E-state index < -0.39 is 4.92 Å². The van der Waals surface area contributed by atoms with Gasteiger partial charge in [-0.05, 0) is 22.0 Å². The number of halogens is 1. The lowest BCUT2D eigenvalue weighted by molar-refractivity contribution is -0.384. The summed E-state index contributed by atoms with van der Waals surface area (Å²) in [7, 11) is 0. The fraction of sp³-hybridized carbons (Fsp3) is 0. The third-order valence-electron chi connectivity index (χ3n) is 2.05. The molecule has 0 radical (unpaired) electrons. The van der Waals surface area contributed by atoms with E-state index in [2.05, 4.69) is 25.9 Å². The van der Waals surface area contributed by atoms with Gasteiger partial charge < -0.3 is 10.7 Å². The zero-order chi connectivity index (χ0) is 11.7. The first-order chi connectivity index (χ1) is 7.58. The molecule has 6 nitrogen and oxygen atoms in total. The summed E-state index contributed by atoms with van der Waals surface area (Å²) in [5, 5.41) is 10.5. The molecule has 82 valence electrons. The molecule has 1 aromatic heterocycles. The van der Waals surface area contributed by atoms with Gasteiger partial charge in [-0.3, -0.25) is 10.1 Å². The number of hydrogen-bond acceptors (Lipinski definition) is 4. The van der Waals surface area contributed by atoms with E-state index in [1.807, 2.05) is 0 Å². The number of imidazole rings is 1. The van der Waals surface area contributed by atoms with E-state index in [1.165, 1.54) is 12.1 Å². The molecule has 2 rings (SSSR count). The number of nitrogens with one attached hydrogen (secondary N) is 1. The van der Waals surface area contributed by atoms with Gasteiger partial charge in [-0.2, -0.15) is 0 Å². The molecule has 0 bridgehead atoms. The molecule has 0 fully saturated rings. The Bertz CT molecular complexity index is 552. The van der Waals surface area contributed by atoms with Gasteiger partial charge in [0, 0.05) is 22.2 Å². The van der Waals surface area contributed by atoms with Crippen LogP contribution in [0.15, 0.2) is 28.9 Å². The smallest absolute Gasteiger partial charge is 0.270 e. The van der Waals surface area contributed by atoms with Gasteiger partial charge in [0.05, 0.1) is 16.8 Å². The van der Waals surface area contributed by atoms with Crippen LogP contribution >= 0.6 is 15.9 Å². The minimum Gasteiger partial charge on any atom is -0.369 e. The van der Waals surface area contributed by atoms with Crippen molar-refractivity contribution in [2.75, 3.05) is 5.73 Å². The lowest BCUT2D eigenvalue weighted by Gasteiger charge is -2.00. The first kappa shape index (κ1) is 10.6. The number of nitrogens with zero attached hydrogens (tertiary/aromatic N) is 2. The number of rotatable bonds is 2. The Morgan fingerprint density at radius 1 is 1.50 bits per heavy atom. The number of nitrogen functional groups attached to an aromatic ring is 1. The summed E-state index contributed by atoms with van der Waals surface area (Å²) < 4.78 is 0.616. The highest BCUT2D eigenvalue weighted by molar-refractivity contribution is 9.10. The van der Waals surface area contributed by atoms with Crippen LogP contribution in [0.2, 0.25) is 0 Å². The number of nitro benzene ring substituents is 1. The summed E-state index contributed by atoms with van der Waals surface area (Å²) in [5.74, 6) is 0.306. The van der Waals surface area contributed by atoms with E-state index in [0.29, 0.717) is 16.1 Å². The SMILES string of the molecule is Nc1ncc(-c2ccc([N+](=O)[O-])cc2Br)[nH]1. The van der Waals surface area contributed by atoms with Crippen LogP contribution in [0.1, 0.15) is 0 Å². The van der Waals surface area contributed by atoms with Crippen molar-refractivity contribution in [3.05, 3.63) is 39.0 Å². The maximum Gasteiger partial charge on any atom is 0.270 e. The molecule has 0 aliphatic heterocycles. The minimum atomic E-state index is -0.449. The third kappa shape index (κ3) is 1.89. The summed E-state index contributed by atoms with van der Waals surface area (Å²) in [6.07, 6.45) is 1.57. The number of nitrogens with two attached hydrogens (primary N) is 1. The van der Waals surface area contributed by atoms with E-state index in [4.69, 9.17) is 5.73 Å². The summed E-state index contributed by atoms with van der Waals surface area (Å²) in [4.78, 5) is 16.8. The number of aromatic nitrogens is 2. The minimum absolute atomic E-state index is 0.0307. The quantitative estimate of drug-likeness (QED) is 0.652. The monoisotopic (exact) mass is 282 g/mol. The average Bonchev–Trinajstić information content (AvgIpc) is 2.64. The number of benzene rings is 1. The van der Waals surface area contributed by atoms with Crippen LogP contribution in [-0.4, -0.2) is 14.9 Å². The zero-order valence-electron chi connectivity index (χ0n) is 7.98. The Hall–Kier alpha value is -1.89. The molecule has 0 amide bonds. The predicted molar refractivity (Wildman–Crippen MR) is 62.8 cm³/mol. The van der Waals surface area contributed by atoms with Crippen LogP contribution in [0.3, 0.4) is 0 Å². The van der Waals surface area contributed by atoms with Crippen molar-refractivity contribution in [1.82, 2.24) is 9.97 Å². The number of aromatic amines is 1. The summed E-state index contributed by atoms with van der Waals surface area (Å²) in [6.45, 7) is 0. The highest BCUT2D eigenvalue weighted by Crippen LogP contribution is 2.30. The lowest BCUT2D eigenvalue weighted by atomic mass is 10.1. The molecule has 0 unspecified atom stereocenters. The molecule has 2 aromatic rings. The van der Waals surface area contributed by atoms with Gasteiger partial charge >= 0.3 is 0 Å². The Kier molecular flexibility index (Phi) is 2.61. The highest BCUT2D eigenvalue weighted by Gasteiger charge is 2.11.